The summed E-state index contributed by atoms with van der Waals surface area (Å²) in [5.41, 5.74) is -3.33. The predicted molar refractivity (Wildman–Crippen MR) is 100 cm³/mol. The molecule has 0 aromatic heterocycles. The molecule has 3 aliphatic rings. The molecule has 0 atom stereocenters. The smallest absolute Gasteiger partial charge is 0.870 e. The van der Waals surface area contributed by atoms with Crippen LogP contribution in [0.3, 0.4) is 0 Å². The van der Waals surface area contributed by atoms with Crippen LogP contribution in [-0.4, -0.2) is 79.9 Å². The maximum atomic E-state index is 11.0. The first kappa shape index (κ1) is 33.0. The molecule has 3 N–H and O–H groups in total. The zero-order chi connectivity index (χ0) is 24.0. The van der Waals surface area contributed by atoms with Gasteiger partial charge in [-0.3, -0.25) is 28.8 Å². The summed E-state index contributed by atoms with van der Waals surface area (Å²) in [5, 5.41) is 17.0. The zero-order valence-electron chi connectivity index (χ0n) is 19.2. The molecule has 0 saturated heterocycles. The maximum Gasteiger partial charge on any atom is 1.00 e. The van der Waals surface area contributed by atoms with E-state index in [1.807, 2.05) is 0 Å². The second-order valence-electron chi connectivity index (χ2n) is 7.32. The molecule has 0 amide bonds. The Balaban J connectivity index is 0. The van der Waals surface area contributed by atoms with Crippen molar-refractivity contribution in [1.29, 1.82) is 0 Å². The van der Waals surface area contributed by atoms with Gasteiger partial charge in [-0.2, -0.15) is 0 Å². The number of carboxylic acids is 2. The topological polar surface area (TPSA) is 210 Å². The van der Waals surface area contributed by atoms with Crippen LogP contribution < -0.4 is 29.6 Å². The van der Waals surface area contributed by atoms with Crippen molar-refractivity contribution in [2.24, 2.45) is 16.2 Å². The Kier molecular flexibility index (Phi) is 12.9. The van der Waals surface area contributed by atoms with Crippen molar-refractivity contribution >= 4 is 35.8 Å². The third-order valence-electron chi connectivity index (χ3n) is 5.37. The Bertz CT molecular complexity index is 704. The number of esters is 4. The van der Waals surface area contributed by atoms with Gasteiger partial charge in [0.2, 0.25) is 0 Å². The van der Waals surface area contributed by atoms with Crippen molar-refractivity contribution in [3.05, 3.63) is 0 Å². The molecule has 13 nitrogen and oxygen atoms in total. The van der Waals surface area contributed by atoms with Crippen molar-refractivity contribution in [3.8, 4) is 0 Å². The third-order valence-corrected chi connectivity index (χ3v) is 5.37. The van der Waals surface area contributed by atoms with Crippen LogP contribution in [0.4, 0.5) is 0 Å². The Morgan fingerprint density at radius 2 is 0.697 bits per heavy atom. The van der Waals surface area contributed by atoms with Crippen LogP contribution in [-0.2, 0) is 47.7 Å². The summed E-state index contributed by atoms with van der Waals surface area (Å²) in [4.78, 5) is 64.2. The van der Waals surface area contributed by atoms with E-state index in [4.69, 9.17) is 10.2 Å². The molecule has 3 fully saturated rings. The molecule has 0 aromatic carbocycles. The quantitative estimate of drug-likeness (QED) is 0.166. The van der Waals surface area contributed by atoms with Gasteiger partial charge in [0.25, 0.3) is 0 Å². The van der Waals surface area contributed by atoms with Crippen LogP contribution in [0.1, 0.15) is 38.5 Å². The first-order chi connectivity index (χ1) is 14.4. The van der Waals surface area contributed by atoms with Crippen molar-refractivity contribution in [2.45, 2.75) is 38.5 Å². The van der Waals surface area contributed by atoms with Gasteiger partial charge in [-0.25, -0.2) is 0 Å². The number of aliphatic carboxylic acids is 2. The second-order valence-corrected chi connectivity index (χ2v) is 7.32. The molecule has 33 heavy (non-hydrogen) atoms. The number of carbonyl (C=O) groups excluding carboxylic acids is 4. The van der Waals surface area contributed by atoms with Crippen molar-refractivity contribution in [3.63, 3.8) is 0 Å². The van der Waals surface area contributed by atoms with Crippen molar-refractivity contribution in [1.82, 2.24) is 0 Å². The van der Waals surface area contributed by atoms with E-state index in [2.05, 4.69) is 18.9 Å². The predicted octanol–water partition coefficient (Wildman–Crippen LogP) is -3.01. The number of carbonyl (C=O) groups is 6. The molecule has 0 radical (unpaired) electrons. The van der Waals surface area contributed by atoms with Crippen LogP contribution in [0.15, 0.2) is 0 Å². The molecule has 3 saturated carbocycles. The Morgan fingerprint density at radius 1 is 0.515 bits per heavy atom. The largest absolute Gasteiger partial charge is 1.00 e. The van der Waals surface area contributed by atoms with Crippen LogP contribution in [0.2, 0.25) is 0 Å². The van der Waals surface area contributed by atoms with E-state index in [0.29, 0.717) is 38.5 Å². The Morgan fingerprint density at radius 3 is 0.788 bits per heavy atom. The molecule has 14 heteroatoms. The van der Waals surface area contributed by atoms with Gasteiger partial charge in [0.1, 0.15) is 0 Å². The minimum absolute atomic E-state index is 0. The van der Waals surface area contributed by atoms with E-state index in [-0.39, 0.29) is 35.0 Å². The summed E-state index contributed by atoms with van der Waals surface area (Å²) >= 11 is 0. The fraction of sp³-hybridized carbons (Fsp3) is 0.684. The second kappa shape index (κ2) is 12.9. The first-order valence-electron chi connectivity index (χ1n) is 9.24. The summed E-state index contributed by atoms with van der Waals surface area (Å²) in [6.45, 7) is 0. The standard InChI is InChI=1S/C7H10O4.2C6H8O4.Na.H2O/c1-10-5(8)7(3-4-7)6(9)11-2;2*1-10-5(9)6(2-3-6)4(7)8;;/h3-4H2,1-2H3;2*2-3H2,1H3,(H,7,8);;1H2/q;;;+1;/p-1. The van der Waals surface area contributed by atoms with Gasteiger partial charge in [0.15, 0.2) is 16.2 Å². The van der Waals surface area contributed by atoms with E-state index in [0.717, 1.165) is 0 Å². The molecule has 0 unspecified atom stereocenters. The van der Waals surface area contributed by atoms with E-state index < -0.39 is 52.1 Å². The van der Waals surface area contributed by atoms with Crippen LogP contribution in [0.25, 0.3) is 0 Å². The molecule has 0 aliphatic heterocycles. The van der Waals surface area contributed by atoms with E-state index >= 15 is 0 Å². The molecule has 3 aliphatic carbocycles. The number of hydrogen-bond donors (Lipinski definition) is 2. The van der Waals surface area contributed by atoms with Gasteiger partial charge in [-0.05, 0) is 38.5 Å². The first-order valence-corrected chi connectivity index (χ1v) is 9.24. The number of rotatable bonds is 6. The van der Waals surface area contributed by atoms with Crippen molar-refractivity contribution in [2.75, 3.05) is 28.4 Å². The van der Waals surface area contributed by atoms with Gasteiger partial charge < -0.3 is 34.6 Å². The summed E-state index contributed by atoms with van der Waals surface area (Å²) < 4.78 is 17.6. The van der Waals surface area contributed by atoms with Gasteiger partial charge in [-0.15, -0.1) is 0 Å². The normalized spacial score (nSPS) is 18.2. The molecular weight excluding hydrogens is 459 g/mol. The minimum Gasteiger partial charge on any atom is -0.870 e. The van der Waals surface area contributed by atoms with Crippen LogP contribution >= 0.6 is 0 Å². The fourth-order valence-electron chi connectivity index (χ4n) is 2.66. The monoisotopic (exact) mass is 486 g/mol. The maximum absolute atomic E-state index is 11.0. The molecular formula is C19H27NaO13. The van der Waals surface area contributed by atoms with E-state index in [1.165, 1.54) is 28.4 Å². The number of ether oxygens (including phenoxy) is 4. The van der Waals surface area contributed by atoms with Crippen molar-refractivity contribution < 1.29 is 93.0 Å². The van der Waals surface area contributed by atoms with E-state index in [9.17, 15) is 28.8 Å². The fourth-order valence-corrected chi connectivity index (χ4v) is 2.66. The van der Waals surface area contributed by atoms with Gasteiger partial charge in [0.05, 0.1) is 28.4 Å². The number of carboxylic acid groups (broad SMARTS) is 2. The number of methoxy groups -OCH3 is 4. The SMILES string of the molecule is COC(=O)C1(C(=O)O)CC1.COC(=O)C1(C(=O)O)CC1.COC(=O)C1(C(=O)OC)CC1.[Na+].[OH-]. The average molecular weight is 486 g/mol. The minimum atomic E-state index is -1.19. The van der Waals surface area contributed by atoms with E-state index in [1.54, 1.807) is 0 Å². The van der Waals surface area contributed by atoms with Gasteiger partial charge >= 0.3 is 65.4 Å². The van der Waals surface area contributed by atoms with Crippen LogP contribution in [0, 0.1) is 16.2 Å². The molecule has 0 aromatic rings. The molecule has 0 bridgehead atoms. The summed E-state index contributed by atoms with van der Waals surface area (Å²) in [6.07, 6.45) is 2.74. The van der Waals surface area contributed by atoms with Gasteiger partial charge in [0, 0.05) is 0 Å². The Labute approximate surface area is 211 Å². The van der Waals surface area contributed by atoms with Gasteiger partial charge in [-0.1, -0.05) is 0 Å². The zero-order valence-corrected chi connectivity index (χ0v) is 21.2. The Hall–Kier alpha value is -2.22. The molecule has 0 spiro atoms. The van der Waals surface area contributed by atoms with Crippen LogP contribution in [0.5, 0.6) is 0 Å². The molecule has 3 rings (SSSR count). The summed E-state index contributed by atoms with van der Waals surface area (Å²) in [7, 11) is 4.94. The molecule has 182 valence electrons. The summed E-state index contributed by atoms with van der Waals surface area (Å²) in [6, 6.07) is 0. The third kappa shape index (κ3) is 7.13. The average Bonchev–Trinajstić information content (AvgIpc) is 3.62. The summed E-state index contributed by atoms with van der Waals surface area (Å²) in [5.74, 6) is -4.35. The number of hydrogen-bond acceptors (Lipinski definition) is 11. The molecule has 0 heterocycles.